The SMILES string of the molecule is C=C(N=C(N=Cn1c2ccc3ccccc3c2c2cccc(-c3ccc4c(c3)-c3c(ccc5ccccc35)C4(C)C)c21)c1ccc2c(c1)oc1ccccc12)c1ccc2c(c1)oc1ccccc12. The van der Waals surface area contributed by atoms with Crippen molar-refractivity contribution in [1.29, 1.82) is 0 Å². The van der Waals surface area contributed by atoms with E-state index in [0.29, 0.717) is 11.5 Å². The van der Waals surface area contributed by atoms with Crippen molar-refractivity contribution in [2.45, 2.75) is 19.3 Å². The van der Waals surface area contributed by atoms with Crippen molar-refractivity contribution in [3.05, 3.63) is 223 Å². The van der Waals surface area contributed by atoms with E-state index in [2.05, 4.69) is 171 Å². The van der Waals surface area contributed by atoms with Crippen molar-refractivity contribution in [2.75, 3.05) is 0 Å². The molecule has 5 heteroatoms. The highest BCUT2D eigenvalue weighted by Gasteiger charge is 2.36. The number of amidine groups is 1. The molecule has 0 atom stereocenters. The van der Waals surface area contributed by atoms with Crippen molar-refractivity contribution in [2.24, 2.45) is 9.98 Å². The molecule has 3 aromatic heterocycles. The van der Waals surface area contributed by atoms with Gasteiger partial charge in [0.1, 0.15) is 28.7 Å². The van der Waals surface area contributed by atoms with Gasteiger partial charge in [-0.3, -0.25) is 4.57 Å². The third kappa shape index (κ3) is 5.63. The van der Waals surface area contributed by atoms with Crippen LogP contribution in [0.2, 0.25) is 0 Å². The van der Waals surface area contributed by atoms with Crippen LogP contribution >= 0.6 is 0 Å². The predicted octanol–water partition coefficient (Wildman–Crippen LogP) is 16.9. The lowest BCUT2D eigenvalue weighted by Gasteiger charge is -2.21. The molecule has 1 aliphatic rings. The Morgan fingerprint density at radius 1 is 0.500 bits per heavy atom. The largest absolute Gasteiger partial charge is 0.456 e. The highest BCUT2D eigenvalue weighted by atomic mass is 16.3. The Bertz CT molecular complexity index is 4380. The third-order valence-electron chi connectivity index (χ3n) is 14.5. The van der Waals surface area contributed by atoms with E-state index >= 15 is 0 Å². The van der Waals surface area contributed by atoms with Crippen LogP contribution in [0.15, 0.2) is 220 Å². The highest BCUT2D eigenvalue weighted by Crippen LogP contribution is 2.52. The van der Waals surface area contributed by atoms with Gasteiger partial charge in [0.05, 0.1) is 16.7 Å². The minimum absolute atomic E-state index is 0.136. The number of hydrogen-bond acceptors (Lipinski definition) is 3. The zero-order valence-electron chi connectivity index (χ0n) is 37.4. The first-order valence-electron chi connectivity index (χ1n) is 23.1. The molecule has 0 radical (unpaired) electrons. The van der Waals surface area contributed by atoms with Gasteiger partial charge in [0.25, 0.3) is 0 Å². The van der Waals surface area contributed by atoms with E-state index in [1.54, 1.807) is 0 Å². The number of aliphatic imine (C=N–C) groups is 2. The van der Waals surface area contributed by atoms with Crippen LogP contribution in [0.4, 0.5) is 0 Å². The number of rotatable bonds is 5. The molecule has 5 nitrogen and oxygen atoms in total. The number of hydrogen-bond donors (Lipinski definition) is 0. The van der Waals surface area contributed by atoms with Crippen molar-refractivity contribution < 1.29 is 8.83 Å². The summed E-state index contributed by atoms with van der Waals surface area (Å²) < 4.78 is 15.0. The van der Waals surface area contributed by atoms with Crippen LogP contribution in [-0.4, -0.2) is 16.7 Å². The average molecular weight is 872 g/mol. The van der Waals surface area contributed by atoms with Crippen molar-refractivity contribution >= 4 is 105 Å². The molecule has 3 heterocycles. The number of benzene rings is 10. The number of aromatic nitrogens is 1. The van der Waals surface area contributed by atoms with Crippen LogP contribution < -0.4 is 0 Å². The second kappa shape index (κ2) is 14.3. The van der Waals surface area contributed by atoms with Crippen LogP contribution in [0, 0.1) is 0 Å². The first-order chi connectivity index (χ1) is 33.4. The molecule has 0 amide bonds. The van der Waals surface area contributed by atoms with Crippen LogP contribution in [0.1, 0.15) is 36.1 Å². The number of furan rings is 2. The third-order valence-corrected chi connectivity index (χ3v) is 14.5. The average Bonchev–Trinajstić information content (AvgIpc) is 4.11. The van der Waals surface area contributed by atoms with Crippen LogP contribution in [0.3, 0.4) is 0 Å². The maximum Gasteiger partial charge on any atom is 0.161 e. The lowest BCUT2D eigenvalue weighted by Crippen LogP contribution is -2.14. The zero-order chi connectivity index (χ0) is 45.3. The fourth-order valence-electron chi connectivity index (χ4n) is 11.2. The van der Waals surface area contributed by atoms with Crippen molar-refractivity contribution in [3.8, 4) is 22.3 Å². The summed E-state index contributed by atoms with van der Waals surface area (Å²) in [5, 5.41) is 11.5. The molecule has 1 aliphatic carbocycles. The summed E-state index contributed by atoms with van der Waals surface area (Å²) in [6.07, 6.45) is 1.94. The van der Waals surface area contributed by atoms with Gasteiger partial charge < -0.3 is 8.83 Å². The van der Waals surface area contributed by atoms with Crippen molar-refractivity contribution in [1.82, 2.24) is 4.57 Å². The van der Waals surface area contributed by atoms with Gasteiger partial charge in [-0.25, -0.2) is 9.98 Å². The monoisotopic (exact) mass is 871 g/mol. The van der Waals surface area contributed by atoms with Gasteiger partial charge in [-0.2, -0.15) is 0 Å². The molecule has 0 aliphatic heterocycles. The van der Waals surface area contributed by atoms with E-state index in [9.17, 15) is 0 Å². The lowest BCUT2D eigenvalue weighted by atomic mass is 9.82. The second-order valence-electron chi connectivity index (χ2n) is 18.6. The van der Waals surface area contributed by atoms with Crippen molar-refractivity contribution in [3.63, 3.8) is 0 Å². The number of para-hydroxylation sites is 3. The van der Waals surface area contributed by atoms with E-state index in [-0.39, 0.29) is 5.41 Å². The summed E-state index contributed by atoms with van der Waals surface area (Å²) in [6.45, 7) is 9.22. The molecule has 14 rings (SSSR count). The highest BCUT2D eigenvalue weighted by molar-refractivity contribution is 6.25. The standard InChI is InChI=1S/C63H41N3O2/c1-37(40-23-28-48-46-17-8-10-21-55(46)67-57(48)34-40)65-62(42-24-29-49-47-18-9-11-22-56(47)68-58(49)35-42)64-36-66-54-32-27-39-14-5-7-16-44(39)60(54)50-20-12-19-45(61(50)66)41-26-30-52-51(33-41)59-43-15-6-4-13-38(43)25-31-53(59)63(52,2)3/h4-36H,1H2,2-3H3. The van der Waals surface area contributed by atoms with Gasteiger partial charge in [0.15, 0.2) is 5.84 Å². The number of nitrogens with zero attached hydrogens (tertiary/aromatic N) is 3. The van der Waals surface area contributed by atoms with Crippen LogP contribution in [0.5, 0.6) is 0 Å². The molecule has 0 bridgehead atoms. The maximum atomic E-state index is 6.42. The van der Waals surface area contributed by atoms with E-state index in [0.717, 1.165) is 82.6 Å². The van der Waals surface area contributed by atoms with E-state index in [1.807, 2.05) is 54.9 Å². The molecule has 10 aromatic carbocycles. The Morgan fingerprint density at radius 3 is 1.84 bits per heavy atom. The zero-order valence-corrected chi connectivity index (χ0v) is 37.4. The lowest BCUT2D eigenvalue weighted by molar-refractivity contribution is 0.661. The normalized spacial score (nSPS) is 13.6. The molecule has 0 unspecified atom stereocenters. The molecule has 0 N–H and O–H groups in total. The fourth-order valence-corrected chi connectivity index (χ4v) is 11.2. The van der Waals surface area contributed by atoms with Gasteiger partial charge in [-0.15, -0.1) is 0 Å². The minimum Gasteiger partial charge on any atom is -0.456 e. The Balaban J connectivity index is 0.984. The topological polar surface area (TPSA) is 55.9 Å². The minimum atomic E-state index is -0.136. The van der Waals surface area contributed by atoms with Gasteiger partial charge in [-0.1, -0.05) is 166 Å². The molecule has 0 spiro atoms. The van der Waals surface area contributed by atoms with Crippen LogP contribution in [0.25, 0.3) is 115 Å². The summed E-state index contributed by atoms with van der Waals surface area (Å²) in [4.78, 5) is 10.6. The Labute approximate surface area is 391 Å². The Morgan fingerprint density at radius 2 is 1.09 bits per heavy atom. The molecule has 13 aromatic rings. The fraction of sp³-hybridized carbons (Fsp3) is 0.0476. The predicted molar refractivity (Wildman–Crippen MR) is 284 cm³/mol. The summed E-state index contributed by atoms with van der Waals surface area (Å²) >= 11 is 0. The Hall–Kier alpha value is -8.80. The molecule has 68 heavy (non-hydrogen) atoms. The van der Waals surface area contributed by atoms with Crippen LogP contribution in [-0.2, 0) is 5.41 Å². The smallest absolute Gasteiger partial charge is 0.161 e. The molecular weight excluding hydrogens is 831 g/mol. The molecular formula is C63H41N3O2. The van der Waals surface area contributed by atoms with Gasteiger partial charge in [-0.05, 0) is 97.9 Å². The summed E-state index contributed by atoms with van der Waals surface area (Å²) in [6, 6.07) is 68.8. The van der Waals surface area contributed by atoms with E-state index in [4.69, 9.17) is 18.8 Å². The molecule has 320 valence electrons. The maximum absolute atomic E-state index is 6.42. The van der Waals surface area contributed by atoms with Gasteiger partial charge in [0.2, 0.25) is 0 Å². The summed E-state index contributed by atoms with van der Waals surface area (Å²) in [5.41, 5.74) is 15.0. The molecule has 0 saturated heterocycles. The number of fused-ring (bicyclic) bond motifs is 16. The first-order valence-corrected chi connectivity index (χ1v) is 23.1. The second-order valence-corrected chi connectivity index (χ2v) is 18.6. The summed E-state index contributed by atoms with van der Waals surface area (Å²) in [7, 11) is 0. The quantitative estimate of drug-likeness (QED) is 0.128. The molecule has 0 fully saturated rings. The molecule has 0 saturated carbocycles. The van der Waals surface area contributed by atoms with E-state index in [1.165, 1.54) is 49.2 Å². The Kier molecular flexibility index (Phi) is 8.12. The first kappa shape index (κ1) is 38.5. The van der Waals surface area contributed by atoms with E-state index < -0.39 is 0 Å². The van der Waals surface area contributed by atoms with Gasteiger partial charge in [0, 0.05) is 54.4 Å². The summed E-state index contributed by atoms with van der Waals surface area (Å²) in [5.74, 6) is 0.499. The van der Waals surface area contributed by atoms with Gasteiger partial charge >= 0.3 is 0 Å².